The van der Waals surface area contributed by atoms with E-state index >= 15 is 0 Å². The second-order valence-electron chi connectivity index (χ2n) is 4.71. The topological polar surface area (TPSA) is 121 Å². The van der Waals surface area contributed by atoms with E-state index in [9.17, 15) is 22.8 Å². The lowest BCUT2D eigenvalue weighted by Gasteiger charge is -2.21. The van der Waals surface area contributed by atoms with E-state index in [1.807, 2.05) is 0 Å². The van der Waals surface area contributed by atoms with Crippen LogP contribution in [0.1, 0.15) is 24.5 Å². The number of hydrogen-bond acceptors (Lipinski definition) is 4. The number of Topliss-reactive ketones (excluding diaryl/α,β-unsaturated/α-hetero) is 1. The van der Waals surface area contributed by atoms with Crippen molar-refractivity contribution in [1.82, 2.24) is 0 Å². The molecule has 0 heterocycles. The van der Waals surface area contributed by atoms with Crippen molar-refractivity contribution in [3.05, 3.63) is 34.9 Å². The van der Waals surface area contributed by atoms with Crippen molar-refractivity contribution in [2.45, 2.75) is 19.5 Å². The van der Waals surface area contributed by atoms with Gasteiger partial charge in [0, 0.05) is 19.2 Å². The summed E-state index contributed by atoms with van der Waals surface area (Å²) in [6.07, 6.45) is -5.09. The summed E-state index contributed by atoms with van der Waals surface area (Å²) in [4.78, 5) is 26.9. The lowest BCUT2D eigenvalue weighted by Crippen LogP contribution is -2.40. The maximum absolute atomic E-state index is 13.1. The molecule has 0 atom stereocenters. The van der Waals surface area contributed by atoms with Gasteiger partial charge in [0.05, 0.1) is 29.7 Å². The number of benzene rings is 1. The Labute approximate surface area is 140 Å². The molecule has 0 aliphatic heterocycles. The molecule has 0 aliphatic carbocycles. The first-order valence-electron chi connectivity index (χ1n) is 6.70. The molecule has 0 bridgehead atoms. The number of amides is 1. The fourth-order valence-corrected chi connectivity index (χ4v) is 1.93. The number of nitrogens with zero attached hydrogens (tertiary/aromatic N) is 5. The van der Waals surface area contributed by atoms with Crippen molar-refractivity contribution in [2.24, 2.45) is 0 Å². The lowest BCUT2D eigenvalue weighted by molar-refractivity contribution is -0.137. The second-order valence-corrected chi connectivity index (χ2v) is 4.71. The molecule has 0 radical (unpaired) electrons. The summed E-state index contributed by atoms with van der Waals surface area (Å²) in [7, 11) is 0. The number of nitriles is 2. The third-order valence-electron chi connectivity index (χ3n) is 3.07. The molecule has 1 rings (SSSR count). The predicted octanol–water partition coefficient (Wildman–Crippen LogP) is 2.08. The number of anilines is 1. The van der Waals surface area contributed by atoms with Crippen LogP contribution < -0.4 is 4.90 Å². The molecule has 1 aromatic rings. The molecule has 1 amide bonds. The number of rotatable bonds is 5. The highest BCUT2D eigenvalue weighted by Gasteiger charge is 2.36. The van der Waals surface area contributed by atoms with E-state index in [0.29, 0.717) is 11.0 Å². The fourth-order valence-electron chi connectivity index (χ4n) is 1.93. The molecule has 128 valence electrons. The minimum Gasteiger partial charge on any atom is -0.360 e. The number of carbonyl (C=O) groups excluding carboxylic acids is 2. The van der Waals surface area contributed by atoms with Gasteiger partial charge in [-0.25, -0.2) is 0 Å². The van der Waals surface area contributed by atoms with Crippen LogP contribution >= 0.6 is 0 Å². The molecule has 0 spiro atoms. The molecule has 7 nitrogen and oxygen atoms in total. The standard InChI is InChI=1S/C15H10F3N5O2/c1-9(24)13(22-21)14(25)23(6-2-5-19)11-4-3-10(8-20)12(7-11)15(16,17)18/h3-4,7H,2,6H2,1H3. The van der Waals surface area contributed by atoms with Gasteiger partial charge in [0.1, 0.15) is 0 Å². The van der Waals surface area contributed by atoms with Crippen molar-refractivity contribution >= 4 is 23.1 Å². The Morgan fingerprint density at radius 1 is 1.32 bits per heavy atom. The van der Waals surface area contributed by atoms with Crippen LogP contribution in [0.25, 0.3) is 5.53 Å². The van der Waals surface area contributed by atoms with Gasteiger partial charge in [-0.1, -0.05) is 0 Å². The van der Waals surface area contributed by atoms with Crippen LogP contribution in [0, 0.1) is 22.7 Å². The van der Waals surface area contributed by atoms with E-state index in [2.05, 4.69) is 4.79 Å². The highest BCUT2D eigenvalue weighted by molar-refractivity contribution is 6.65. The molecule has 10 heteroatoms. The molecule has 0 N–H and O–H groups in total. The summed E-state index contributed by atoms with van der Waals surface area (Å²) in [6.45, 7) is 0.597. The second kappa shape index (κ2) is 7.86. The first-order chi connectivity index (χ1) is 11.7. The third kappa shape index (κ3) is 4.50. The Balaban J connectivity index is 3.50. The lowest BCUT2D eigenvalue weighted by atomic mass is 10.1. The largest absolute Gasteiger partial charge is 0.421 e. The van der Waals surface area contributed by atoms with Gasteiger partial charge in [-0.2, -0.15) is 28.5 Å². The van der Waals surface area contributed by atoms with E-state index in [4.69, 9.17) is 16.1 Å². The van der Waals surface area contributed by atoms with E-state index in [1.165, 1.54) is 6.07 Å². The summed E-state index contributed by atoms with van der Waals surface area (Å²) < 4.78 is 39.2. The maximum atomic E-state index is 13.1. The summed E-state index contributed by atoms with van der Waals surface area (Å²) in [5.41, 5.74) is 5.68. The van der Waals surface area contributed by atoms with E-state index < -0.39 is 34.7 Å². The van der Waals surface area contributed by atoms with Crippen LogP contribution in [0.4, 0.5) is 18.9 Å². The van der Waals surface area contributed by atoms with Crippen LogP contribution in [0.2, 0.25) is 0 Å². The van der Waals surface area contributed by atoms with Crippen molar-refractivity contribution in [3.63, 3.8) is 0 Å². The Morgan fingerprint density at radius 2 is 1.96 bits per heavy atom. The van der Waals surface area contributed by atoms with Crippen LogP contribution in [-0.4, -0.2) is 28.7 Å². The molecule has 1 aromatic carbocycles. The number of carbonyl (C=O) groups is 2. The van der Waals surface area contributed by atoms with Crippen molar-refractivity contribution in [3.8, 4) is 12.1 Å². The first-order valence-corrected chi connectivity index (χ1v) is 6.70. The van der Waals surface area contributed by atoms with Gasteiger partial charge >= 0.3 is 17.8 Å². The van der Waals surface area contributed by atoms with E-state index in [0.717, 1.165) is 19.1 Å². The zero-order valence-electron chi connectivity index (χ0n) is 12.8. The van der Waals surface area contributed by atoms with Gasteiger partial charge in [0.2, 0.25) is 5.78 Å². The van der Waals surface area contributed by atoms with E-state index in [1.54, 1.807) is 6.07 Å². The van der Waals surface area contributed by atoms with Crippen molar-refractivity contribution < 1.29 is 27.6 Å². The van der Waals surface area contributed by atoms with E-state index in [-0.39, 0.29) is 18.7 Å². The number of alkyl halides is 3. The molecule has 0 aromatic heterocycles. The molecule has 0 saturated carbocycles. The van der Waals surface area contributed by atoms with Crippen LogP contribution in [0.15, 0.2) is 18.2 Å². The SMILES string of the molecule is CC(=O)C(=[N+]=[N-])C(=O)N(CCC#N)c1ccc(C#N)c(C(F)(F)F)c1. The summed E-state index contributed by atoms with van der Waals surface area (Å²) >= 11 is 0. The Kier molecular flexibility index (Phi) is 6.15. The van der Waals surface area contributed by atoms with Gasteiger partial charge in [0.15, 0.2) is 0 Å². The highest BCUT2D eigenvalue weighted by Crippen LogP contribution is 2.34. The quantitative estimate of drug-likeness (QED) is 0.349. The third-order valence-corrected chi connectivity index (χ3v) is 3.07. The number of hydrogen-bond donors (Lipinski definition) is 0. The van der Waals surface area contributed by atoms with Gasteiger partial charge in [-0.05, 0) is 18.2 Å². The molecule has 25 heavy (non-hydrogen) atoms. The highest BCUT2D eigenvalue weighted by atomic mass is 19.4. The van der Waals surface area contributed by atoms with Crippen LogP contribution in [0.3, 0.4) is 0 Å². The van der Waals surface area contributed by atoms with Crippen molar-refractivity contribution in [2.75, 3.05) is 11.4 Å². The Bertz CT molecular complexity index is 842. The average Bonchev–Trinajstić information content (AvgIpc) is 2.54. The normalized spacial score (nSPS) is 10.2. The summed E-state index contributed by atoms with van der Waals surface area (Å²) in [5, 5.41) is 17.4. The van der Waals surface area contributed by atoms with Gasteiger partial charge in [-0.15, -0.1) is 0 Å². The zero-order chi connectivity index (χ0) is 19.2. The van der Waals surface area contributed by atoms with Gasteiger partial charge in [0.25, 0.3) is 0 Å². The van der Waals surface area contributed by atoms with Crippen molar-refractivity contribution in [1.29, 1.82) is 10.5 Å². The first kappa shape index (κ1) is 19.6. The zero-order valence-corrected chi connectivity index (χ0v) is 12.8. The number of ketones is 1. The minimum absolute atomic E-state index is 0.246. The molecule has 0 saturated heterocycles. The molecule has 0 aliphatic rings. The van der Waals surface area contributed by atoms with Gasteiger partial charge in [-0.3, -0.25) is 9.59 Å². The minimum atomic E-state index is -4.85. The van der Waals surface area contributed by atoms with Crippen LogP contribution in [0.5, 0.6) is 0 Å². The summed E-state index contributed by atoms with van der Waals surface area (Å²) in [5.74, 6) is -2.07. The fraction of sp³-hybridized carbons (Fsp3) is 0.267. The Morgan fingerprint density at radius 3 is 2.40 bits per heavy atom. The predicted molar refractivity (Wildman–Crippen MR) is 78.0 cm³/mol. The molecule has 0 fully saturated rings. The smallest absolute Gasteiger partial charge is 0.360 e. The molecule has 0 unspecified atom stereocenters. The van der Waals surface area contributed by atoms with Gasteiger partial charge < -0.3 is 10.4 Å². The van der Waals surface area contributed by atoms with Crippen LogP contribution in [-0.2, 0) is 15.8 Å². The molecular formula is C15H10F3N5O2. The Hall–Kier alpha value is -3.49. The summed E-state index contributed by atoms with van der Waals surface area (Å²) in [6, 6.07) is 5.62. The monoisotopic (exact) mass is 349 g/mol. The number of halogens is 3. The average molecular weight is 349 g/mol. The molecular weight excluding hydrogens is 339 g/mol. The maximum Gasteiger partial charge on any atom is 0.421 e.